The van der Waals surface area contributed by atoms with E-state index in [0.717, 1.165) is 24.4 Å². The molecule has 8 heteroatoms. The van der Waals surface area contributed by atoms with Crippen molar-refractivity contribution in [3.63, 3.8) is 0 Å². The molecule has 3 aliphatic rings. The number of hydrogen-bond acceptors (Lipinski definition) is 6. The zero-order chi connectivity index (χ0) is 19.2. The van der Waals surface area contributed by atoms with E-state index in [9.17, 15) is 13.2 Å². The number of piperazine rings is 1. The molecule has 0 spiro atoms. The molecule has 0 unspecified atom stereocenters. The molecule has 2 aliphatic heterocycles. The Morgan fingerprint density at radius 1 is 1.22 bits per heavy atom. The molecule has 2 atom stereocenters. The quantitative estimate of drug-likeness (QED) is 0.736. The maximum atomic E-state index is 13.1. The summed E-state index contributed by atoms with van der Waals surface area (Å²) in [6.07, 6.45) is 1.77. The van der Waals surface area contributed by atoms with Gasteiger partial charge in [0.25, 0.3) is 0 Å². The van der Waals surface area contributed by atoms with Gasteiger partial charge in [-0.15, -0.1) is 0 Å². The van der Waals surface area contributed by atoms with Crippen LogP contribution in [-0.2, 0) is 14.6 Å². The van der Waals surface area contributed by atoms with Gasteiger partial charge in [-0.25, -0.2) is 8.42 Å². The summed E-state index contributed by atoms with van der Waals surface area (Å²) in [5.41, 5.74) is 6.57. The molecule has 4 rings (SSSR count). The van der Waals surface area contributed by atoms with Crippen molar-refractivity contribution in [1.29, 1.82) is 0 Å². The Hall–Kier alpha value is -1.80. The van der Waals surface area contributed by atoms with Crippen LogP contribution in [0.5, 0.6) is 5.75 Å². The normalized spacial score (nSPS) is 25.7. The highest BCUT2D eigenvalue weighted by molar-refractivity contribution is 7.93. The summed E-state index contributed by atoms with van der Waals surface area (Å²) in [5, 5.41) is 0. The number of fused-ring (bicyclic) bond motifs is 2. The molecule has 2 bridgehead atoms. The number of sulfone groups is 1. The first-order chi connectivity index (χ1) is 12.9. The molecule has 2 heterocycles. The second-order valence-corrected chi connectivity index (χ2v) is 10.1. The van der Waals surface area contributed by atoms with E-state index in [2.05, 4.69) is 4.90 Å². The summed E-state index contributed by atoms with van der Waals surface area (Å²) in [6, 6.07) is 8.35. The van der Waals surface area contributed by atoms with Gasteiger partial charge < -0.3 is 20.3 Å². The summed E-state index contributed by atoms with van der Waals surface area (Å²) >= 11 is 0. The lowest BCUT2D eigenvalue weighted by Crippen LogP contribution is -2.54. The molecule has 1 amide bonds. The summed E-state index contributed by atoms with van der Waals surface area (Å²) in [4.78, 5) is 17.2. The van der Waals surface area contributed by atoms with Crippen LogP contribution < -0.4 is 15.4 Å². The molecule has 0 aromatic heterocycles. The maximum Gasteiger partial charge on any atom is 0.244 e. The molecule has 1 aromatic rings. The minimum Gasteiger partial charge on any atom is -0.494 e. The molecule has 7 nitrogen and oxygen atoms in total. The minimum atomic E-state index is -3.47. The third-order valence-corrected chi connectivity index (χ3v) is 8.60. The van der Waals surface area contributed by atoms with Crippen molar-refractivity contribution in [2.45, 2.75) is 43.0 Å². The van der Waals surface area contributed by atoms with Crippen LogP contribution in [0.15, 0.2) is 24.3 Å². The Morgan fingerprint density at radius 3 is 2.44 bits per heavy atom. The van der Waals surface area contributed by atoms with Crippen molar-refractivity contribution in [2.24, 2.45) is 5.73 Å². The van der Waals surface area contributed by atoms with Crippen LogP contribution in [0, 0.1) is 0 Å². The molecule has 0 radical (unpaired) electrons. The van der Waals surface area contributed by atoms with Crippen LogP contribution in [0.2, 0.25) is 0 Å². The first-order valence-electron chi connectivity index (χ1n) is 9.65. The van der Waals surface area contributed by atoms with Gasteiger partial charge in [-0.2, -0.15) is 0 Å². The monoisotopic (exact) mass is 393 g/mol. The van der Waals surface area contributed by atoms with Gasteiger partial charge >= 0.3 is 0 Å². The molecule has 3 fully saturated rings. The molecule has 27 heavy (non-hydrogen) atoms. The number of hydrogen-bond donors (Lipinski definition) is 1. The van der Waals surface area contributed by atoms with E-state index >= 15 is 0 Å². The highest BCUT2D eigenvalue weighted by Gasteiger charge is 2.63. The Balaban J connectivity index is 1.45. The number of carbonyl (C=O) groups is 1. The topological polar surface area (TPSA) is 92.9 Å². The fourth-order valence-corrected chi connectivity index (χ4v) is 6.32. The Kier molecular flexibility index (Phi) is 4.58. The molecule has 2 saturated heterocycles. The fourth-order valence-electron chi connectivity index (χ4n) is 4.52. The zero-order valence-electron chi connectivity index (χ0n) is 15.6. The van der Waals surface area contributed by atoms with Gasteiger partial charge in [-0.1, -0.05) is 0 Å². The van der Waals surface area contributed by atoms with E-state index in [1.54, 1.807) is 0 Å². The van der Waals surface area contributed by atoms with E-state index in [-0.39, 0.29) is 30.3 Å². The number of nitrogens with zero attached hydrogens (tertiary/aromatic N) is 2. The number of likely N-dealkylation sites (tertiary alicyclic amines) is 1. The van der Waals surface area contributed by atoms with Gasteiger partial charge in [0.05, 0.1) is 18.4 Å². The van der Waals surface area contributed by atoms with Gasteiger partial charge in [0, 0.05) is 31.4 Å². The number of carbonyl (C=O) groups excluding carboxylic acids is 1. The van der Waals surface area contributed by atoms with Gasteiger partial charge in [-0.05, 0) is 50.5 Å². The smallest absolute Gasteiger partial charge is 0.244 e. The maximum absolute atomic E-state index is 13.1. The number of rotatable bonds is 7. The largest absolute Gasteiger partial charge is 0.494 e. The third-order valence-electron chi connectivity index (χ3n) is 6.06. The standard InChI is InChI=1S/C19H27N3O4S/c1-2-26-17-5-3-14(4-6-17)21-12-16-11-15(21)13-22(16)18(23)19(7-8-19)27(24,25)10-9-20/h3-6,15-16H,2,7-13,20H2,1H3/t15-,16-/m0/s1. The van der Waals surface area contributed by atoms with E-state index < -0.39 is 14.6 Å². The Morgan fingerprint density at radius 2 is 1.93 bits per heavy atom. The predicted molar refractivity (Wildman–Crippen MR) is 104 cm³/mol. The number of ether oxygens (including phenoxy) is 1. The zero-order valence-corrected chi connectivity index (χ0v) is 16.5. The summed E-state index contributed by atoms with van der Waals surface area (Å²) in [7, 11) is -3.47. The van der Waals surface area contributed by atoms with Gasteiger partial charge in [0.15, 0.2) is 14.6 Å². The predicted octanol–water partition coefficient (Wildman–Crippen LogP) is 0.781. The van der Waals surface area contributed by atoms with E-state index in [1.165, 1.54) is 0 Å². The average Bonchev–Trinajstić information content (AvgIpc) is 3.24. The third kappa shape index (κ3) is 2.99. The lowest BCUT2D eigenvalue weighted by Gasteiger charge is -2.37. The van der Waals surface area contributed by atoms with E-state index in [0.29, 0.717) is 26.0 Å². The van der Waals surface area contributed by atoms with Crippen LogP contribution in [0.25, 0.3) is 0 Å². The molecule has 1 saturated carbocycles. The van der Waals surface area contributed by atoms with Gasteiger partial charge in [-0.3, -0.25) is 4.79 Å². The molecule has 2 N–H and O–H groups in total. The van der Waals surface area contributed by atoms with E-state index in [1.807, 2.05) is 36.1 Å². The van der Waals surface area contributed by atoms with Crippen molar-refractivity contribution in [1.82, 2.24) is 4.90 Å². The number of benzene rings is 1. The second kappa shape index (κ2) is 6.67. The Labute approximate surface area is 160 Å². The van der Waals surface area contributed by atoms with Gasteiger partial charge in [0.1, 0.15) is 5.75 Å². The fraction of sp³-hybridized carbons (Fsp3) is 0.632. The van der Waals surface area contributed by atoms with Crippen molar-refractivity contribution in [3.05, 3.63) is 24.3 Å². The number of nitrogens with two attached hydrogens (primary N) is 1. The molecule has 1 aliphatic carbocycles. The van der Waals surface area contributed by atoms with Crippen molar-refractivity contribution < 1.29 is 17.9 Å². The molecular weight excluding hydrogens is 366 g/mol. The first kappa shape index (κ1) is 18.6. The number of anilines is 1. The molecule has 1 aromatic carbocycles. The highest BCUT2D eigenvalue weighted by Crippen LogP contribution is 2.48. The average molecular weight is 394 g/mol. The minimum absolute atomic E-state index is 0.0644. The van der Waals surface area contributed by atoms with Crippen LogP contribution in [-0.4, -0.2) is 68.0 Å². The number of amides is 1. The van der Waals surface area contributed by atoms with Crippen LogP contribution in [0.3, 0.4) is 0 Å². The highest BCUT2D eigenvalue weighted by atomic mass is 32.2. The van der Waals surface area contributed by atoms with E-state index in [4.69, 9.17) is 10.5 Å². The second-order valence-electron chi connectivity index (χ2n) is 7.68. The molecule has 148 valence electrons. The van der Waals surface area contributed by atoms with Gasteiger partial charge in [0.2, 0.25) is 5.91 Å². The summed E-state index contributed by atoms with van der Waals surface area (Å²) < 4.78 is 29.4. The lowest BCUT2D eigenvalue weighted by molar-refractivity contribution is -0.132. The molecular formula is C19H27N3O4S. The lowest BCUT2D eigenvalue weighted by atomic mass is 10.2. The van der Waals surface area contributed by atoms with Crippen LogP contribution in [0.4, 0.5) is 5.69 Å². The first-order valence-corrected chi connectivity index (χ1v) is 11.3. The summed E-state index contributed by atoms with van der Waals surface area (Å²) in [6.45, 7) is 4.00. The van der Waals surface area contributed by atoms with Crippen molar-refractivity contribution in [2.75, 3.05) is 36.9 Å². The van der Waals surface area contributed by atoms with Crippen LogP contribution in [0.1, 0.15) is 26.2 Å². The van der Waals surface area contributed by atoms with Crippen LogP contribution >= 0.6 is 0 Å². The SMILES string of the molecule is CCOc1ccc(N2C[C@@H]3C[C@H]2CN3C(=O)C2(S(=O)(=O)CCN)CC2)cc1. The van der Waals surface area contributed by atoms with Crippen molar-refractivity contribution >= 4 is 21.4 Å². The van der Waals surface area contributed by atoms with Crippen molar-refractivity contribution in [3.8, 4) is 5.75 Å². The Bertz CT molecular complexity index is 820. The summed E-state index contributed by atoms with van der Waals surface area (Å²) in [5.74, 6) is 0.539.